The zero-order valence-corrected chi connectivity index (χ0v) is 17.5. The van der Waals surface area contributed by atoms with Gasteiger partial charge in [-0.3, -0.25) is 4.79 Å². The van der Waals surface area contributed by atoms with E-state index in [0.29, 0.717) is 36.0 Å². The van der Waals surface area contributed by atoms with E-state index in [-0.39, 0.29) is 29.8 Å². The van der Waals surface area contributed by atoms with E-state index in [9.17, 15) is 14.7 Å². The SMILES string of the molecule is [2H]C([2H])Oc1c(OC)ccc(-c2ccc3c(c2)COC3=O)c1OC(CC)C1(C(=O)O)CCC1. The number of ether oxygens (including phenoxy) is 4. The lowest BCUT2D eigenvalue weighted by Crippen LogP contribution is -2.50. The maximum absolute atomic E-state index is 12.2. The third-order valence-corrected chi connectivity index (χ3v) is 6.33. The quantitative estimate of drug-likeness (QED) is 0.621. The molecule has 1 atom stereocenters. The number of carbonyl (C=O) groups is 2. The molecule has 2 aromatic rings. The molecule has 1 saturated carbocycles. The van der Waals surface area contributed by atoms with Gasteiger partial charge in [0.25, 0.3) is 0 Å². The molecule has 1 fully saturated rings. The molecular weight excluding hydrogens is 400 g/mol. The Morgan fingerprint density at radius 2 is 2.00 bits per heavy atom. The van der Waals surface area contributed by atoms with Crippen LogP contribution in [0, 0.1) is 5.41 Å². The minimum Gasteiger partial charge on any atom is -0.493 e. The van der Waals surface area contributed by atoms with Crippen molar-refractivity contribution in [2.45, 2.75) is 45.3 Å². The Morgan fingerprint density at radius 3 is 2.61 bits per heavy atom. The van der Waals surface area contributed by atoms with Crippen molar-refractivity contribution in [1.29, 1.82) is 0 Å². The summed E-state index contributed by atoms with van der Waals surface area (Å²) in [6.07, 6.45) is 1.62. The maximum atomic E-state index is 12.2. The van der Waals surface area contributed by atoms with Crippen LogP contribution in [-0.4, -0.2) is 37.3 Å². The molecule has 0 spiro atoms. The number of carbonyl (C=O) groups excluding carboxylic acids is 1. The second-order valence-electron chi connectivity index (χ2n) is 7.87. The number of methoxy groups -OCH3 is 2. The van der Waals surface area contributed by atoms with Crippen molar-refractivity contribution in [2.24, 2.45) is 5.41 Å². The van der Waals surface area contributed by atoms with Gasteiger partial charge in [-0.25, -0.2) is 4.79 Å². The van der Waals surface area contributed by atoms with Gasteiger partial charge >= 0.3 is 11.9 Å². The van der Waals surface area contributed by atoms with E-state index < -0.39 is 24.6 Å². The Kier molecular flexibility index (Phi) is 4.86. The summed E-state index contributed by atoms with van der Waals surface area (Å²) >= 11 is 0. The number of carboxylic acid groups (broad SMARTS) is 1. The van der Waals surface area contributed by atoms with Crippen molar-refractivity contribution in [1.82, 2.24) is 0 Å². The fraction of sp³-hybridized carbons (Fsp3) is 0.417. The van der Waals surface area contributed by atoms with Crippen LogP contribution in [0.5, 0.6) is 17.2 Å². The Hall–Kier alpha value is -3.22. The fourth-order valence-corrected chi connectivity index (χ4v) is 4.42. The summed E-state index contributed by atoms with van der Waals surface area (Å²) in [7, 11) is -0.214. The van der Waals surface area contributed by atoms with Gasteiger partial charge < -0.3 is 24.1 Å². The van der Waals surface area contributed by atoms with Gasteiger partial charge in [-0.05, 0) is 49.1 Å². The Bertz CT molecular complexity index is 1080. The molecule has 0 aromatic heterocycles. The van der Waals surface area contributed by atoms with Crippen molar-refractivity contribution in [2.75, 3.05) is 14.2 Å². The van der Waals surface area contributed by atoms with Crippen molar-refractivity contribution in [3.05, 3.63) is 41.5 Å². The molecule has 7 nitrogen and oxygen atoms in total. The predicted octanol–water partition coefficient (Wildman–Crippen LogP) is 4.45. The van der Waals surface area contributed by atoms with Gasteiger partial charge in [0.05, 0.1) is 22.5 Å². The van der Waals surface area contributed by atoms with Crippen LogP contribution in [0.4, 0.5) is 0 Å². The first kappa shape index (κ1) is 18.5. The maximum Gasteiger partial charge on any atom is 0.338 e. The summed E-state index contributed by atoms with van der Waals surface area (Å²) in [5, 5.41) is 9.95. The predicted molar refractivity (Wildman–Crippen MR) is 113 cm³/mol. The molecule has 0 saturated heterocycles. The van der Waals surface area contributed by atoms with E-state index in [2.05, 4.69) is 0 Å². The number of hydrogen-bond donors (Lipinski definition) is 1. The van der Waals surface area contributed by atoms with Crippen LogP contribution in [0.3, 0.4) is 0 Å². The third-order valence-electron chi connectivity index (χ3n) is 6.33. The van der Waals surface area contributed by atoms with Crippen LogP contribution in [0.15, 0.2) is 30.3 Å². The lowest BCUT2D eigenvalue weighted by Gasteiger charge is -2.43. The normalized spacial score (nSPS) is 18.2. The van der Waals surface area contributed by atoms with Crippen molar-refractivity contribution < 1.29 is 36.4 Å². The lowest BCUT2D eigenvalue weighted by atomic mass is 9.64. The Morgan fingerprint density at radius 1 is 1.23 bits per heavy atom. The molecule has 0 amide bonds. The van der Waals surface area contributed by atoms with Crippen LogP contribution in [0.25, 0.3) is 11.1 Å². The Labute approximate surface area is 183 Å². The van der Waals surface area contributed by atoms with E-state index in [0.717, 1.165) is 12.0 Å². The van der Waals surface area contributed by atoms with Crippen molar-refractivity contribution >= 4 is 11.9 Å². The van der Waals surface area contributed by atoms with E-state index in [1.807, 2.05) is 13.0 Å². The highest BCUT2D eigenvalue weighted by Crippen LogP contribution is 2.51. The topological polar surface area (TPSA) is 91.3 Å². The molecule has 0 bridgehead atoms. The lowest BCUT2D eigenvalue weighted by molar-refractivity contribution is -0.163. The summed E-state index contributed by atoms with van der Waals surface area (Å²) in [6.45, 7) is 2.03. The van der Waals surface area contributed by atoms with Gasteiger partial charge in [0.1, 0.15) is 18.1 Å². The first-order valence-corrected chi connectivity index (χ1v) is 10.2. The number of rotatable bonds is 8. The minimum absolute atomic E-state index is 0.0659. The summed E-state index contributed by atoms with van der Waals surface area (Å²) in [5.41, 5.74) is 1.50. The number of esters is 1. The average molecular weight is 428 g/mol. The number of aliphatic carboxylic acids is 1. The smallest absolute Gasteiger partial charge is 0.338 e. The highest BCUT2D eigenvalue weighted by Gasteiger charge is 2.52. The molecule has 1 heterocycles. The summed E-state index contributed by atoms with van der Waals surface area (Å²) < 4.78 is 37.6. The molecule has 1 N–H and O–H groups in total. The largest absolute Gasteiger partial charge is 0.493 e. The molecular formula is C24H26O7. The molecule has 164 valence electrons. The van der Waals surface area contributed by atoms with Crippen LogP contribution < -0.4 is 14.2 Å². The Balaban J connectivity index is 1.85. The van der Waals surface area contributed by atoms with E-state index in [4.69, 9.17) is 21.7 Å². The number of fused-ring (bicyclic) bond motifs is 1. The van der Waals surface area contributed by atoms with Gasteiger partial charge in [-0.2, -0.15) is 0 Å². The van der Waals surface area contributed by atoms with E-state index in [1.165, 1.54) is 7.11 Å². The fourth-order valence-electron chi connectivity index (χ4n) is 4.42. The average Bonchev–Trinajstić information content (AvgIpc) is 3.12. The molecule has 4 rings (SSSR count). The molecule has 1 unspecified atom stereocenters. The molecule has 0 radical (unpaired) electrons. The van der Waals surface area contributed by atoms with Crippen LogP contribution in [0.2, 0.25) is 0 Å². The summed E-state index contributed by atoms with van der Waals surface area (Å²) in [4.78, 5) is 24.0. The van der Waals surface area contributed by atoms with Crippen molar-refractivity contribution in [3.8, 4) is 28.4 Å². The van der Waals surface area contributed by atoms with E-state index in [1.54, 1.807) is 24.3 Å². The standard InChI is InChI=1S/C24H26O7/c1-4-19(24(23(26)27)10-5-11-24)31-20-16(8-9-18(28-2)21(20)29-3)14-6-7-17-15(12-14)13-30-22(17)25/h6-9,12,19H,4-5,10-11,13H2,1-3H3,(H,26,27)/i3D2. The van der Waals surface area contributed by atoms with Gasteiger partial charge in [0, 0.05) is 11.1 Å². The highest BCUT2D eigenvalue weighted by atomic mass is 16.5. The third kappa shape index (κ3) is 3.38. The molecule has 2 aromatic carbocycles. The molecule has 1 aliphatic heterocycles. The highest BCUT2D eigenvalue weighted by molar-refractivity contribution is 5.94. The van der Waals surface area contributed by atoms with Gasteiger partial charge in [0.2, 0.25) is 5.75 Å². The first-order chi connectivity index (χ1) is 15.8. The number of benzene rings is 2. The minimum atomic E-state index is -1.65. The van der Waals surface area contributed by atoms with Crippen LogP contribution in [0.1, 0.15) is 51.3 Å². The van der Waals surface area contributed by atoms with Gasteiger partial charge in [-0.1, -0.05) is 19.4 Å². The van der Waals surface area contributed by atoms with Gasteiger partial charge in [0.15, 0.2) is 11.5 Å². The summed E-state index contributed by atoms with van der Waals surface area (Å²) in [5.74, 6) is -0.734. The molecule has 1 aliphatic carbocycles. The molecule has 31 heavy (non-hydrogen) atoms. The van der Waals surface area contributed by atoms with Crippen molar-refractivity contribution in [3.63, 3.8) is 0 Å². The molecule has 2 aliphatic rings. The first-order valence-electron chi connectivity index (χ1n) is 11.4. The van der Waals surface area contributed by atoms with Gasteiger partial charge in [-0.15, -0.1) is 0 Å². The number of carboxylic acids is 1. The zero-order valence-electron chi connectivity index (χ0n) is 19.5. The molecule has 7 heteroatoms. The second kappa shape index (κ2) is 8.13. The van der Waals surface area contributed by atoms with Crippen LogP contribution >= 0.6 is 0 Å². The number of hydrogen-bond acceptors (Lipinski definition) is 6. The monoisotopic (exact) mass is 428 g/mol. The zero-order chi connectivity index (χ0) is 23.8. The summed E-state index contributed by atoms with van der Waals surface area (Å²) in [6, 6.07) is 8.64. The van der Waals surface area contributed by atoms with Crippen LogP contribution in [-0.2, 0) is 16.1 Å². The van der Waals surface area contributed by atoms with E-state index >= 15 is 0 Å². The second-order valence-corrected chi connectivity index (χ2v) is 7.87. The number of cyclic esters (lactones) is 1.